The first-order chi connectivity index (χ1) is 9.22. The second-order valence-electron chi connectivity index (χ2n) is 4.28. The molecule has 4 heteroatoms. The molecular formula is C15H12ClN3. The highest BCUT2D eigenvalue weighted by Gasteiger charge is 2.05. The standard InChI is InChI=1S/C15H12ClN3/c1-10-15(18-12-6-4-5-11(16)9-12)19-14-8-3-2-7-13(14)17-10/h2-9H,1H3,(H,18,19). The molecule has 1 heterocycles. The zero-order valence-corrected chi connectivity index (χ0v) is 11.1. The van der Waals surface area contributed by atoms with Crippen LogP contribution in [-0.2, 0) is 0 Å². The number of benzene rings is 2. The van der Waals surface area contributed by atoms with E-state index in [0.717, 1.165) is 28.2 Å². The summed E-state index contributed by atoms with van der Waals surface area (Å²) >= 11 is 5.97. The summed E-state index contributed by atoms with van der Waals surface area (Å²) in [6.07, 6.45) is 0. The van der Waals surface area contributed by atoms with Crippen molar-refractivity contribution in [3.63, 3.8) is 0 Å². The molecule has 19 heavy (non-hydrogen) atoms. The Labute approximate surface area is 116 Å². The molecule has 1 aromatic heterocycles. The number of fused-ring (bicyclic) bond motifs is 1. The SMILES string of the molecule is Cc1nc2ccccc2nc1Nc1cccc(Cl)c1. The Balaban J connectivity index is 2.03. The molecule has 94 valence electrons. The highest BCUT2D eigenvalue weighted by atomic mass is 35.5. The van der Waals surface area contributed by atoms with Crippen molar-refractivity contribution in [2.24, 2.45) is 0 Å². The monoisotopic (exact) mass is 269 g/mol. The molecule has 0 atom stereocenters. The van der Waals surface area contributed by atoms with Crippen molar-refractivity contribution in [1.82, 2.24) is 9.97 Å². The molecule has 1 N–H and O–H groups in total. The normalized spacial score (nSPS) is 10.6. The third kappa shape index (κ3) is 2.51. The highest BCUT2D eigenvalue weighted by molar-refractivity contribution is 6.30. The lowest BCUT2D eigenvalue weighted by molar-refractivity contribution is 1.18. The van der Waals surface area contributed by atoms with Crippen molar-refractivity contribution in [3.05, 3.63) is 59.2 Å². The molecule has 0 aliphatic carbocycles. The van der Waals surface area contributed by atoms with E-state index in [0.29, 0.717) is 5.02 Å². The highest BCUT2D eigenvalue weighted by Crippen LogP contribution is 2.22. The minimum absolute atomic E-state index is 0.691. The van der Waals surface area contributed by atoms with Gasteiger partial charge in [-0.1, -0.05) is 29.8 Å². The number of hydrogen-bond acceptors (Lipinski definition) is 3. The van der Waals surface area contributed by atoms with Crippen molar-refractivity contribution in [3.8, 4) is 0 Å². The lowest BCUT2D eigenvalue weighted by atomic mass is 10.2. The summed E-state index contributed by atoms with van der Waals surface area (Å²) < 4.78 is 0. The maximum absolute atomic E-state index is 5.97. The molecule has 0 radical (unpaired) electrons. The van der Waals surface area contributed by atoms with Crippen LogP contribution in [0.4, 0.5) is 11.5 Å². The average molecular weight is 270 g/mol. The van der Waals surface area contributed by atoms with Crippen LogP contribution in [0.3, 0.4) is 0 Å². The van der Waals surface area contributed by atoms with Gasteiger partial charge in [0.1, 0.15) is 0 Å². The summed E-state index contributed by atoms with van der Waals surface area (Å²) in [6, 6.07) is 15.4. The van der Waals surface area contributed by atoms with Gasteiger partial charge in [-0.2, -0.15) is 0 Å². The second-order valence-corrected chi connectivity index (χ2v) is 4.72. The quantitative estimate of drug-likeness (QED) is 0.752. The molecule has 0 fully saturated rings. The molecule has 3 nitrogen and oxygen atoms in total. The van der Waals surface area contributed by atoms with Gasteiger partial charge in [-0.15, -0.1) is 0 Å². The van der Waals surface area contributed by atoms with Crippen molar-refractivity contribution in [2.75, 3.05) is 5.32 Å². The van der Waals surface area contributed by atoms with Gasteiger partial charge in [-0.05, 0) is 37.3 Å². The molecule has 0 aliphatic rings. The van der Waals surface area contributed by atoms with E-state index >= 15 is 0 Å². The van der Waals surface area contributed by atoms with Gasteiger partial charge in [0, 0.05) is 10.7 Å². The van der Waals surface area contributed by atoms with Gasteiger partial charge in [-0.3, -0.25) is 0 Å². The molecule has 0 amide bonds. The van der Waals surface area contributed by atoms with E-state index in [-0.39, 0.29) is 0 Å². The van der Waals surface area contributed by atoms with Gasteiger partial charge in [0.2, 0.25) is 0 Å². The van der Waals surface area contributed by atoms with E-state index in [1.807, 2.05) is 55.5 Å². The van der Waals surface area contributed by atoms with Crippen molar-refractivity contribution in [2.45, 2.75) is 6.92 Å². The smallest absolute Gasteiger partial charge is 0.152 e. The molecule has 0 bridgehead atoms. The first-order valence-electron chi connectivity index (χ1n) is 5.98. The number of nitrogens with zero attached hydrogens (tertiary/aromatic N) is 2. The van der Waals surface area contributed by atoms with E-state index in [2.05, 4.69) is 15.3 Å². The molecule has 3 aromatic rings. The second kappa shape index (κ2) is 4.86. The van der Waals surface area contributed by atoms with Gasteiger partial charge in [0.25, 0.3) is 0 Å². The summed E-state index contributed by atoms with van der Waals surface area (Å²) in [4.78, 5) is 9.12. The fourth-order valence-corrected chi connectivity index (χ4v) is 2.10. The van der Waals surface area contributed by atoms with Gasteiger partial charge in [-0.25, -0.2) is 9.97 Å². The Morgan fingerprint density at radius 1 is 0.947 bits per heavy atom. The molecule has 3 rings (SSSR count). The van der Waals surface area contributed by atoms with E-state index in [4.69, 9.17) is 11.6 Å². The van der Waals surface area contributed by atoms with Crippen molar-refractivity contribution in [1.29, 1.82) is 0 Å². The first kappa shape index (κ1) is 11.9. The lowest BCUT2D eigenvalue weighted by Gasteiger charge is -2.09. The van der Waals surface area contributed by atoms with E-state index < -0.39 is 0 Å². The Hall–Kier alpha value is -2.13. The summed E-state index contributed by atoms with van der Waals surface area (Å²) in [5, 5.41) is 3.94. The van der Waals surface area contributed by atoms with E-state index in [9.17, 15) is 0 Å². The van der Waals surface area contributed by atoms with Gasteiger partial charge < -0.3 is 5.32 Å². The summed E-state index contributed by atoms with van der Waals surface area (Å²) in [5.74, 6) is 0.751. The Morgan fingerprint density at radius 3 is 2.42 bits per heavy atom. The van der Waals surface area contributed by atoms with Crippen molar-refractivity contribution >= 4 is 34.1 Å². The number of rotatable bonds is 2. The van der Waals surface area contributed by atoms with Crippen LogP contribution in [0.25, 0.3) is 11.0 Å². The minimum atomic E-state index is 0.691. The van der Waals surface area contributed by atoms with Crippen LogP contribution in [0, 0.1) is 6.92 Å². The third-order valence-corrected chi connectivity index (χ3v) is 3.07. The number of nitrogens with one attached hydrogen (secondary N) is 1. The third-order valence-electron chi connectivity index (χ3n) is 2.83. The van der Waals surface area contributed by atoms with Crippen molar-refractivity contribution < 1.29 is 0 Å². The van der Waals surface area contributed by atoms with Crippen LogP contribution in [0.2, 0.25) is 5.02 Å². The zero-order chi connectivity index (χ0) is 13.2. The van der Waals surface area contributed by atoms with Crippen LogP contribution in [0.5, 0.6) is 0 Å². The summed E-state index contributed by atoms with van der Waals surface area (Å²) in [5.41, 5.74) is 3.54. The maximum atomic E-state index is 5.97. The molecule has 0 unspecified atom stereocenters. The topological polar surface area (TPSA) is 37.8 Å². The summed E-state index contributed by atoms with van der Waals surface area (Å²) in [7, 11) is 0. The average Bonchev–Trinajstić information content (AvgIpc) is 2.40. The Bertz CT molecular complexity index is 740. The number of para-hydroxylation sites is 2. The van der Waals surface area contributed by atoms with Crippen LogP contribution in [0.1, 0.15) is 5.69 Å². The molecule has 0 saturated heterocycles. The van der Waals surface area contributed by atoms with Crippen LogP contribution in [-0.4, -0.2) is 9.97 Å². The number of anilines is 2. The van der Waals surface area contributed by atoms with Gasteiger partial charge in [0.15, 0.2) is 5.82 Å². The van der Waals surface area contributed by atoms with Gasteiger partial charge in [0.05, 0.1) is 16.7 Å². The van der Waals surface area contributed by atoms with E-state index in [1.54, 1.807) is 0 Å². The Kier molecular flexibility index (Phi) is 3.05. The molecule has 0 saturated carbocycles. The maximum Gasteiger partial charge on any atom is 0.152 e. The fourth-order valence-electron chi connectivity index (χ4n) is 1.91. The van der Waals surface area contributed by atoms with Gasteiger partial charge >= 0.3 is 0 Å². The van der Waals surface area contributed by atoms with Crippen LogP contribution < -0.4 is 5.32 Å². The number of halogens is 1. The minimum Gasteiger partial charge on any atom is -0.339 e. The van der Waals surface area contributed by atoms with Crippen LogP contribution in [0.15, 0.2) is 48.5 Å². The predicted molar refractivity (Wildman–Crippen MR) is 79.0 cm³/mol. The molecule has 0 spiro atoms. The molecular weight excluding hydrogens is 258 g/mol. The predicted octanol–water partition coefficient (Wildman–Crippen LogP) is 4.34. The molecule has 0 aliphatic heterocycles. The molecule has 2 aromatic carbocycles. The largest absolute Gasteiger partial charge is 0.339 e. The number of aromatic nitrogens is 2. The Morgan fingerprint density at radius 2 is 1.68 bits per heavy atom. The van der Waals surface area contributed by atoms with E-state index in [1.165, 1.54) is 0 Å². The fraction of sp³-hybridized carbons (Fsp3) is 0.0667. The number of hydrogen-bond donors (Lipinski definition) is 1. The summed E-state index contributed by atoms with van der Waals surface area (Å²) in [6.45, 7) is 1.94. The van der Waals surface area contributed by atoms with Crippen LogP contribution >= 0.6 is 11.6 Å². The number of aryl methyl sites for hydroxylation is 1. The first-order valence-corrected chi connectivity index (χ1v) is 6.36. The lowest BCUT2D eigenvalue weighted by Crippen LogP contribution is -1.99. The zero-order valence-electron chi connectivity index (χ0n) is 10.4.